The van der Waals surface area contributed by atoms with Crippen molar-refractivity contribution in [3.63, 3.8) is 0 Å². The number of benzene rings is 1. The van der Waals surface area contributed by atoms with Crippen molar-refractivity contribution in [3.05, 3.63) is 58.4 Å². The highest BCUT2D eigenvalue weighted by Gasteiger charge is 2.21. The Labute approximate surface area is 189 Å². The summed E-state index contributed by atoms with van der Waals surface area (Å²) in [5.41, 5.74) is -0.714. The molecule has 0 radical (unpaired) electrons. The van der Waals surface area contributed by atoms with Crippen molar-refractivity contribution in [1.82, 2.24) is 4.98 Å². The Balaban J connectivity index is 2.17. The molecular formula is C22H28ClNO5S. The number of carbonyl (C=O) groups is 1. The van der Waals surface area contributed by atoms with Gasteiger partial charge in [0.2, 0.25) is 0 Å². The number of halogens is 1. The second-order valence-corrected chi connectivity index (χ2v) is 9.53. The van der Waals surface area contributed by atoms with Crippen molar-refractivity contribution in [2.45, 2.75) is 63.8 Å². The molecule has 6 nitrogen and oxygen atoms in total. The van der Waals surface area contributed by atoms with Crippen LogP contribution in [0.3, 0.4) is 0 Å². The monoisotopic (exact) mass is 457 g/mol. The average Bonchev–Trinajstić information content (AvgIpc) is 2.70. The van der Waals surface area contributed by atoms with E-state index in [-0.39, 0.29) is 28.6 Å². The van der Waals surface area contributed by atoms with Gasteiger partial charge in [0.1, 0.15) is 10.8 Å². The van der Waals surface area contributed by atoms with E-state index < -0.39 is 46.5 Å². The van der Waals surface area contributed by atoms with Crippen LogP contribution in [0.2, 0.25) is 5.15 Å². The smallest absolute Gasteiger partial charge is 0.340 e. The fraction of sp³-hybridized carbons (Fsp3) is 0.455. The van der Waals surface area contributed by atoms with Gasteiger partial charge in [-0.05, 0) is 71.1 Å². The molecule has 164 valence electrons. The van der Waals surface area contributed by atoms with Gasteiger partial charge in [0.05, 0.1) is 22.8 Å². The lowest BCUT2D eigenvalue weighted by Gasteiger charge is -2.20. The van der Waals surface area contributed by atoms with Crippen molar-refractivity contribution in [2.75, 3.05) is 6.61 Å². The molecule has 0 aliphatic rings. The molecule has 0 spiro atoms. The number of ether oxygens (including phenoxy) is 1. The molecule has 0 N–H and O–H groups in total. The molecule has 1 heterocycles. The number of carbonyl (C=O) groups excluding carboxylic acids is 1. The summed E-state index contributed by atoms with van der Waals surface area (Å²) in [6.07, 6.45) is -5.82. The first-order valence-corrected chi connectivity index (χ1v) is 11.1. The minimum absolute atomic E-state index is 0.0263. The first kappa shape index (κ1) is 18.8. The summed E-state index contributed by atoms with van der Waals surface area (Å²) in [7, 11) is -4.03. The summed E-state index contributed by atoms with van der Waals surface area (Å²) in [5.74, 6) is -0.862. The van der Waals surface area contributed by atoms with Gasteiger partial charge in [0.25, 0.3) is 10.1 Å². The predicted octanol–water partition coefficient (Wildman–Crippen LogP) is 5.12. The van der Waals surface area contributed by atoms with Crippen molar-refractivity contribution in [2.24, 2.45) is 0 Å². The van der Waals surface area contributed by atoms with Gasteiger partial charge in [-0.1, -0.05) is 35.7 Å². The second kappa shape index (κ2) is 10.4. The van der Waals surface area contributed by atoms with Crippen LogP contribution < -0.4 is 0 Å². The van der Waals surface area contributed by atoms with Gasteiger partial charge in [-0.25, -0.2) is 9.78 Å². The van der Waals surface area contributed by atoms with Crippen LogP contribution in [0.25, 0.3) is 0 Å². The van der Waals surface area contributed by atoms with E-state index in [0.29, 0.717) is 0 Å². The highest BCUT2D eigenvalue weighted by Crippen LogP contribution is 2.19. The van der Waals surface area contributed by atoms with Crippen LogP contribution in [-0.2, 0) is 25.4 Å². The van der Waals surface area contributed by atoms with Gasteiger partial charge in [0.15, 0.2) is 0 Å². The molecule has 30 heavy (non-hydrogen) atoms. The molecule has 8 heteroatoms. The summed E-state index contributed by atoms with van der Waals surface area (Å²) >= 11 is 5.92. The SMILES string of the molecule is [2H]C([2H])(CCCOS(=O)(=O)c1ccc(C)cc1)C([2H])([2H])c1nc(Cl)ccc1C(=O)OC(C)(C)C. The second-order valence-electron chi connectivity index (χ2n) is 7.53. The van der Waals surface area contributed by atoms with Crippen LogP contribution in [-0.4, -0.2) is 31.6 Å². The lowest BCUT2D eigenvalue weighted by Crippen LogP contribution is -2.24. The molecular weight excluding hydrogens is 426 g/mol. The number of aryl methyl sites for hydroxylation is 2. The highest BCUT2D eigenvalue weighted by molar-refractivity contribution is 7.86. The molecule has 0 saturated heterocycles. The van der Waals surface area contributed by atoms with E-state index in [1.807, 2.05) is 6.92 Å². The van der Waals surface area contributed by atoms with Crippen LogP contribution in [0.4, 0.5) is 0 Å². The Bertz CT molecular complexity index is 1130. The van der Waals surface area contributed by atoms with Crippen LogP contribution in [0.1, 0.15) is 67.1 Å². The van der Waals surface area contributed by atoms with E-state index in [2.05, 4.69) is 4.98 Å². The fourth-order valence-corrected chi connectivity index (χ4v) is 3.37. The average molecular weight is 458 g/mol. The Morgan fingerprint density at radius 1 is 1.13 bits per heavy atom. The van der Waals surface area contributed by atoms with Gasteiger partial charge < -0.3 is 4.74 Å². The van der Waals surface area contributed by atoms with Crippen molar-refractivity contribution in [1.29, 1.82) is 0 Å². The van der Waals surface area contributed by atoms with Gasteiger partial charge in [-0.15, -0.1) is 0 Å². The molecule has 0 aliphatic heterocycles. The number of hydrogen-bond donors (Lipinski definition) is 0. The molecule has 0 atom stereocenters. The molecule has 2 aromatic rings. The molecule has 0 unspecified atom stereocenters. The summed E-state index contributed by atoms with van der Waals surface area (Å²) < 4.78 is 68.4. The largest absolute Gasteiger partial charge is 0.456 e. The Morgan fingerprint density at radius 3 is 2.43 bits per heavy atom. The van der Waals surface area contributed by atoms with Gasteiger partial charge >= 0.3 is 5.97 Å². The summed E-state index contributed by atoms with van der Waals surface area (Å²) in [6, 6.07) is 8.61. The fourth-order valence-electron chi connectivity index (χ4n) is 2.28. The van der Waals surface area contributed by atoms with Gasteiger partial charge in [-0.2, -0.15) is 8.42 Å². The van der Waals surface area contributed by atoms with Crippen LogP contribution >= 0.6 is 11.6 Å². The number of hydrogen-bond acceptors (Lipinski definition) is 6. The number of nitrogens with zero attached hydrogens (tertiary/aromatic N) is 1. The highest BCUT2D eigenvalue weighted by atomic mass is 35.5. The van der Waals surface area contributed by atoms with Crippen LogP contribution in [0.15, 0.2) is 41.3 Å². The maximum absolute atomic E-state index is 12.6. The van der Waals surface area contributed by atoms with Crippen LogP contribution in [0.5, 0.6) is 0 Å². The Kier molecular flexibility index (Phi) is 6.49. The molecule has 0 saturated carbocycles. The van der Waals surface area contributed by atoms with E-state index in [1.165, 1.54) is 24.3 Å². The van der Waals surface area contributed by atoms with Gasteiger partial charge in [0, 0.05) is 5.48 Å². The molecule has 1 aromatic heterocycles. The number of aromatic nitrogens is 1. The third-order valence-corrected chi connectivity index (χ3v) is 5.22. The maximum atomic E-state index is 12.6. The van der Waals surface area contributed by atoms with Crippen molar-refractivity contribution < 1.29 is 27.6 Å². The Hall–Kier alpha value is -1.96. The molecule has 0 aliphatic carbocycles. The maximum Gasteiger partial charge on any atom is 0.340 e. The first-order chi connectivity index (χ1) is 15.5. The lowest BCUT2D eigenvalue weighted by atomic mass is 10.1. The molecule has 0 amide bonds. The molecule has 1 aromatic carbocycles. The normalized spacial score (nSPS) is 15.0. The molecule has 0 bridgehead atoms. The van der Waals surface area contributed by atoms with Gasteiger partial charge in [-0.3, -0.25) is 4.18 Å². The standard InChI is InChI=1S/C22H28ClNO5S/c1-16-9-11-17(12-10-16)30(26,27)28-15-7-5-6-8-19-18(13-14-20(23)24-19)21(25)29-22(2,3)4/h9-14H,5-8,15H2,1-4H3/i6D2,8D2. The van der Waals surface area contributed by atoms with Crippen molar-refractivity contribution >= 4 is 27.7 Å². The topological polar surface area (TPSA) is 82.6 Å². The predicted molar refractivity (Wildman–Crippen MR) is 116 cm³/mol. The third-order valence-electron chi connectivity index (χ3n) is 3.68. The number of esters is 1. The van der Waals surface area contributed by atoms with E-state index in [1.54, 1.807) is 32.9 Å². The molecule has 2 rings (SSSR count). The minimum Gasteiger partial charge on any atom is -0.456 e. The summed E-state index contributed by atoms with van der Waals surface area (Å²) in [5, 5.41) is -0.116. The minimum atomic E-state index is -4.03. The molecule has 0 fully saturated rings. The quantitative estimate of drug-likeness (QED) is 0.225. The zero-order valence-electron chi connectivity index (χ0n) is 21.4. The summed E-state index contributed by atoms with van der Waals surface area (Å²) in [4.78, 5) is 16.5. The Morgan fingerprint density at radius 2 is 1.80 bits per heavy atom. The zero-order valence-corrected chi connectivity index (χ0v) is 18.9. The third kappa shape index (κ3) is 7.70. The lowest BCUT2D eigenvalue weighted by molar-refractivity contribution is 0.00677. The number of rotatable bonds is 9. The summed E-state index contributed by atoms with van der Waals surface area (Å²) in [6.45, 7) is 6.40. The van der Waals surface area contributed by atoms with E-state index in [4.69, 9.17) is 26.0 Å². The van der Waals surface area contributed by atoms with E-state index >= 15 is 0 Å². The first-order valence-electron chi connectivity index (χ1n) is 11.3. The zero-order chi connectivity index (χ0) is 25.9. The van der Waals surface area contributed by atoms with E-state index in [9.17, 15) is 13.2 Å². The van der Waals surface area contributed by atoms with E-state index in [0.717, 1.165) is 5.56 Å². The van der Waals surface area contributed by atoms with Crippen LogP contribution in [0, 0.1) is 6.92 Å². The number of pyridine rings is 1. The van der Waals surface area contributed by atoms with Crippen molar-refractivity contribution in [3.8, 4) is 0 Å².